The molecule has 0 aliphatic heterocycles. The zero-order valence-corrected chi connectivity index (χ0v) is 11.7. The Hall–Kier alpha value is -2.48. The minimum atomic E-state index is -0.730. The van der Waals surface area contributed by atoms with Crippen LogP contribution in [0.25, 0.3) is 0 Å². The molecule has 0 amide bonds. The van der Waals surface area contributed by atoms with Crippen LogP contribution in [0.1, 0.15) is 16.8 Å². The number of aromatic nitrogens is 2. The molecular formula is C12H11ClFN5O2. The summed E-state index contributed by atoms with van der Waals surface area (Å²) in [6.07, 6.45) is -0.209. The minimum Gasteiger partial charge on any atom is -0.378 e. The molecule has 0 atom stereocenters. The maximum absolute atomic E-state index is 14.1. The maximum atomic E-state index is 14.1. The third-order valence-corrected chi connectivity index (χ3v) is 3.26. The molecule has 0 unspecified atom stereocenters. The van der Waals surface area contributed by atoms with E-state index in [-0.39, 0.29) is 34.5 Å². The van der Waals surface area contributed by atoms with Crippen LogP contribution in [0.15, 0.2) is 12.1 Å². The first kappa shape index (κ1) is 14.9. The molecule has 0 saturated carbocycles. The Kier molecular flexibility index (Phi) is 3.90. The van der Waals surface area contributed by atoms with E-state index in [0.29, 0.717) is 5.56 Å². The van der Waals surface area contributed by atoms with Crippen molar-refractivity contribution in [1.29, 1.82) is 0 Å². The van der Waals surface area contributed by atoms with Gasteiger partial charge in [0.1, 0.15) is 11.5 Å². The molecule has 1 aromatic carbocycles. The van der Waals surface area contributed by atoms with Crippen molar-refractivity contribution in [2.24, 2.45) is 0 Å². The third-order valence-electron chi connectivity index (χ3n) is 2.91. The number of nitrogens with two attached hydrogens (primary N) is 2. The fourth-order valence-electron chi connectivity index (χ4n) is 1.91. The number of anilines is 2. The molecule has 0 spiro atoms. The first-order chi connectivity index (χ1) is 9.81. The fraction of sp³-hybridized carbons (Fsp3) is 0.167. The SMILES string of the molecule is Cc1ccc(Cl)c(Cc2nc(N)nc(N)c2[N+](=O)[O-])c1F. The van der Waals surface area contributed by atoms with Gasteiger partial charge < -0.3 is 11.5 Å². The Balaban J connectivity index is 2.60. The van der Waals surface area contributed by atoms with Crippen molar-refractivity contribution in [1.82, 2.24) is 9.97 Å². The van der Waals surface area contributed by atoms with E-state index in [4.69, 9.17) is 23.1 Å². The number of halogens is 2. The van der Waals surface area contributed by atoms with E-state index >= 15 is 0 Å². The molecular weight excluding hydrogens is 301 g/mol. The van der Waals surface area contributed by atoms with Gasteiger partial charge in [0.2, 0.25) is 11.8 Å². The monoisotopic (exact) mass is 311 g/mol. The zero-order chi connectivity index (χ0) is 15.7. The molecule has 0 radical (unpaired) electrons. The average molecular weight is 312 g/mol. The summed E-state index contributed by atoms with van der Waals surface area (Å²) in [6.45, 7) is 1.56. The average Bonchev–Trinajstić information content (AvgIpc) is 2.38. The van der Waals surface area contributed by atoms with Crippen LogP contribution in [-0.4, -0.2) is 14.9 Å². The Morgan fingerprint density at radius 2 is 2.05 bits per heavy atom. The Morgan fingerprint density at radius 3 is 2.67 bits per heavy atom. The summed E-state index contributed by atoms with van der Waals surface area (Å²) in [6, 6.07) is 3.02. The van der Waals surface area contributed by atoms with E-state index in [1.807, 2.05) is 0 Å². The smallest absolute Gasteiger partial charge is 0.332 e. The van der Waals surface area contributed by atoms with Crippen molar-refractivity contribution < 1.29 is 9.31 Å². The van der Waals surface area contributed by atoms with Crippen LogP contribution in [0.2, 0.25) is 5.02 Å². The van der Waals surface area contributed by atoms with Crippen LogP contribution in [0.5, 0.6) is 0 Å². The number of nitrogens with zero attached hydrogens (tertiary/aromatic N) is 3. The number of aryl methyl sites for hydroxylation is 1. The predicted molar refractivity (Wildman–Crippen MR) is 76.5 cm³/mol. The normalized spacial score (nSPS) is 10.6. The topological polar surface area (TPSA) is 121 Å². The van der Waals surface area contributed by atoms with E-state index in [2.05, 4.69) is 9.97 Å². The highest BCUT2D eigenvalue weighted by Crippen LogP contribution is 2.30. The molecule has 0 saturated heterocycles. The number of hydrogen-bond donors (Lipinski definition) is 2. The standard InChI is InChI=1S/C12H11ClFN5O2/c1-5-2-3-7(13)6(9(5)14)4-8-10(19(20)21)11(15)18-12(16)17-8/h2-3H,4H2,1H3,(H4,15,16,17,18). The second-order valence-electron chi connectivity index (χ2n) is 4.35. The van der Waals surface area contributed by atoms with Crippen molar-refractivity contribution in [2.75, 3.05) is 11.5 Å². The fourth-order valence-corrected chi connectivity index (χ4v) is 2.12. The third kappa shape index (κ3) is 2.84. The lowest BCUT2D eigenvalue weighted by atomic mass is 10.0. The minimum absolute atomic E-state index is 0.0867. The van der Waals surface area contributed by atoms with Crippen LogP contribution in [0.3, 0.4) is 0 Å². The van der Waals surface area contributed by atoms with E-state index in [1.165, 1.54) is 12.1 Å². The molecule has 4 N–H and O–H groups in total. The molecule has 7 nitrogen and oxygen atoms in total. The highest BCUT2D eigenvalue weighted by Gasteiger charge is 2.24. The van der Waals surface area contributed by atoms with Gasteiger partial charge in [0, 0.05) is 17.0 Å². The summed E-state index contributed by atoms with van der Waals surface area (Å²) in [5.41, 5.74) is 10.8. The molecule has 0 aliphatic rings. The van der Waals surface area contributed by atoms with Crippen LogP contribution >= 0.6 is 11.6 Å². The van der Waals surface area contributed by atoms with Crippen molar-refractivity contribution in [3.63, 3.8) is 0 Å². The summed E-state index contributed by atoms with van der Waals surface area (Å²) in [5.74, 6) is -1.14. The van der Waals surface area contributed by atoms with E-state index in [9.17, 15) is 14.5 Å². The van der Waals surface area contributed by atoms with Crippen LogP contribution < -0.4 is 11.5 Å². The molecule has 110 valence electrons. The Bertz CT molecular complexity index is 738. The van der Waals surface area contributed by atoms with Gasteiger partial charge in [-0.25, -0.2) is 9.37 Å². The molecule has 9 heteroatoms. The van der Waals surface area contributed by atoms with Crippen LogP contribution in [-0.2, 0) is 6.42 Å². The number of hydrogen-bond acceptors (Lipinski definition) is 6. The largest absolute Gasteiger partial charge is 0.378 e. The van der Waals surface area contributed by atoms with Crippen LogP contribution in [0.4, 0.5) is 21.8 Å². The van der Waals surface area contributed by atoms with E-state index < -0.39 is 16.4 Å². The lowest BCUT2D eigenvalue weighted by molar-refractivity contribution is -0.385. The molecule has 0 bridgehead atoms. The molecule has 2 aromatic rings. The van der Waals surface area contributed by atoms with Crippen molar-refractivity contribution in [2.45, 2.75) is 13.3 Å². The highest BCUT2D eigenvalue weighted by molar-refractivity contribution is 6.31. The number of nitro groups is 1. The van der Waals surface area contributed by atoms with Crippen molar-refractivity contribution >= 4 is 29.1 Å². The summed E-state index contributed by atoms with van der Waals surface area (Å²) in [7, 11) is 0. The molecule has 1 heterocycles. The van der Waals surface area contributed by atoms with E-state index in [1.54, 1.807) is 6.92 Å². The van der Waals surface area contributed by atoms with Crippen molar-refractivity contribution in [3.05, 3.63) is 49.9 Å². The maximum Gasteiger partial charge on any atom is 0.332 e. The van der Waals surface area contributed by atoms with Gasteiger partial charge in [-0.05, 0) is 18.6 Å². The lowest BCUT2D eigenvalue weighted by Crippen LogP contribution is -2.10. The molecule has 2 rings (SSSR count). The number of rotatable bonds is 3. The highest BCUT2D eigenvalue weighted by atomic mass is 35.5. The first-order valence-electron chi connectivity index (χ1n) is 5.81. The zero-order valence-electron chi connectivity index (χ0n) is 10.9. The lowest BCUT2D eigenvalue weighted by Gasteiger charge is -2.09. The van der Waals surface area contributed by atoms with E-state index in [0.717, 1.165) is 0 Å². The number of nitrogen functional groups attached to an aromatic ring is 2. The molecule has 1 aromatic heterocycles. The summed E-state index contributed by atoms with van der Waals surface area (Å²) in [5, 5.41) is 11.2. The van der Waals surface area contributed by atoms with Gasteiger partial charge in [0.05, 0.1) is 4.92 Å². The number of benzene rings is 1. The second kappa shape index (κ2) is 5.49. The van der Waals surface area contributed by atoms with Gasteiger partial charge >= 0.3 is 5.69 Å². The van der Waals surface area contributed by atoms with Crippen molar-refractivity contribution in [3.8, 4) is 0 Å². The Morgan fingerprint density at radius 1 is 1.38 bits per heavy atom. The quantitative estimate of drug-likeness (QED) is 0.662. The predicted octanol–water partition coefficient (Wildman–Crippen LogP) is 2.24. The summed E-state index contributed by atoms with van der Waals surface area (Å²) in [4.78, 5) is 17.6. The van der Waals surface area contributed by atoms with Gasteiger partial charge in [0.15, 0.2) is 0 Å². The second-order valence-corrected chi connectivity index (χ2v) is 4.76. The van der Waals surface area contributed by atoms with Gasteiger partial charge in [0.25, 0.3) is 0 Å². The molecule has 21 heavy (non-hydrogen) atoms. The Labute approximate surface area is 123 Å². The van der Waals surface area contributed by atoms with Gasteiger partial charge in [-0.1, -0.05) is 17.7 Å². The van der Waals surface area contributed by atoms with Gasteiger partial charge in [-0.3, -0.25) is 10.1 Å². The van der Waals surface area contributed by atoms with Gasteiger partial charge in [-0.15, -0.1) is 0 Å². The first-order valence-corrected chi connectivity index (χ1v) is 6.18. The summed E-state index contributed by atoms with van der Waals surface area (Å²) >= 11 is 5.95. The van der Waals surface area contributed by atoms with Crippen LogP contribution in [0, 0.1) is 22.9 Å². The van der Waals surface area contributed by atoms with Gasteiger partial charge in [-0.2, -0.15) is 4.98 Å². The molecule has 0 fully saturated rings. The summed E-state index contributed by atoms with van der Waals surface area (Å²) < 4.78 is 14.1. The molecule has 0 aliphatic carbocycles.